The van der Waals surface area contributed by atoms with Crippen molar-refractivity contribution in [1.29, 1.82) is 0 Å². The largest absolute Gasteiger partial charge is 0.497 e. The topological polar surface area (TPSA) is 46.6 Å². The summed E-state index contributed by atoms with van der Waals surface area (Å²) in [6.45, 7) is 3.79. The van der Waals surface area contributed by atoms with Gasteiger partial charge in [0.25, 0.3) is 0 Å². The van der Waals surface area contributed by atoms with E-state index in [0.29, 0.717) is 19.4 Å². The highest BCUT2D eigenvalue weighted by Crippen LogP contribution is 2.24. The maximum absolute atomic E-state index is 12.1. The van der Waals surface area contributed by atoms with Gasteiger partial charge in [-0.15, -0.1) is 0 Å². The van der Waals surface area contributed by atoms with Crippen molar-refractivity contribution in [1.82, 2.24) is 4.90 Å². The predicted octanol–water partition coefficient (Wildman–Crippen LogP) is 3.57. The van der Waals surface area contributed by atoms with Gasteiger partial charge >= 0.3 is 0 Å². The van der Waals surface area contributed by atoms with E-state index in [1.165, 1.54) is 11.8 Å². The number of rotatable bonds is 6. The van der Waals surface area contributed by atoms with Crippen molar-refractivity contribution in [3.63, 3.8) is 0 Å². The van der Waals surface area contributed by atoms with E-state index >= 15 is 0 Å². The van der Waals surface area contributed by atoms with Crippen LogP contribution in [0.3, 0.4) is 0 Å². The van der Waals surface area contributed by atoms with Crippen LogP contribution in [0.5, 0.6) is 5.75 Å². The number of nitrogens with zero attached hydrogens (tertiary/aromatic N) is 1. The summed E-state index contributed by atoms with van der Waals surface area (Å²) in [4.78, 5) is 25.1. The maximum Gasteiger partial charge on any atom is 0.229 e. The molecule has 4 nitrogen and oxygen atoms in total. The first-order chi connectivity index (χ1) is 11.1. The van der Waals surface area contributed by atoms with Crippen LogP contribution in [-0.2, 0) is 16.0 Å². The van der Waals surface area contributed by atoms with E-state index in [-0.39, 0.29) is 11.8 Å². The zero-order valence-electron chi connectivity index (χ0n) is 14.0. The number of amides is 2. The minimum atomic E-state index is -0.193. The first-order valence-corrected chi connectivity index (χ1v) is 7.93. The van der Waals surface area contributed by atoms with Gasteiger partial charge < -0.3 is 4.74 Å². The highest BCUT2D eigenvalue weighted by molar-refractivity contribution is 5.94. The molecule has 0 saturated carbocycles. The molecule has 0 radical (unpaired) electrons. The van der Waals surface area contributed by atoms with Gasteiger partial charge in [-0.25, -0.2) is 0 Å². The molecule has 4 heteroatoms. The van der Waals surface area contributed by atoms with Crippen molar-refractivity contribution in [3.05, 3.63) is 42.0 Å². The van der Waals surface area contributed by atoms with Crippen molar-refractivity contribution in [2.75, 3.05) is 13.7 Å². The molecule has 0 saturated heterocycles. The maximum atomic E-state index is 12.1. The van der Waals surface area contributed by atoms with Crippen LogP contribution in [-0.4, -0.2) is 30.4 Å². The van der Waals surface area contributed by atoms with E-state index in [0.717, 1.165) is 28.5 Å². The summed E-state index contributed by atoms with van der Waals surface area (Å²) < 4.78 is 5.29. The lowest BCUT2D eigenvalue weighted by atomic mass is 10.0. The van der Waals surface area contributed by atoms with E-state index in [9.17, 15) is 9.59 Å². The molecule has 0 unspecified atom stereocenters. The number of hydrogen-bond donors (Lipinski definition) is 0. The highest BCUT2D eigenvalue weighted by Gasteiger charge is 2.17. The molecule has 2 aromatic carbocycles. The van der Waals surface area contributed by atoms with Crippen LogP contribution in [0.1, 0.15) is 32.3 Å². The molecule has 23 heavy (non-hydrogen) atoms. The van der Waals surface area contributed by atoms with E-state index in [1.54, 1.807) is 7.11 Å². The number of hydrogen-bond acceptors (Lipinski definition) is 3. The van der Waals surface area contributed by atoms with Crippen LogP contribution in [0, 0.1) is 0 Å². The summed E-state index contributed by atoms with van der Waals surface area (Å²) in [6, 6.07) is 12.0. The Kier molecular flexibility index (Phi) is 5.74. The fourth-order valence-corrected chi connectivity index (χ4v) is 2.70. The van der Waals surface area contributed by atoms with Crippen LogP contribution in [0.4, 0.5) is 0 Å². The summed E-state index contributed by atoms with van der Waals surface area (Å²) in [7, 11) is 1.64. The number of carbonyl (C=O) groups excluding carboxylic acids is 2. The second-order valence-corrected chi connectivity index (χ2v) is 5.57. The number of imide groups is 1. The highest BCUT2D eigenvalue weighted by atomic mass is 16.5. The average Bonchev–Trinajstić information content (AvgIpc) is 2.54. The van der Waals surface area contributed by atoms with Gasteiger partial charge in [-0.3, -0.25) is 14.5 Å². The molecule has 0 N–H and O–H groups in total. The summed E-state index contributed by atoms with van der Waals surface area (Å²) >= 11 is 0. The zero-order valence-corrected chi connectivity index (χ0v) is 14.0. The third kappa shape index (κ3) is 4.09. The smallest absolute Gasteiger partial charge is 0.229 e. The Bertz CT molecular complexity index is 709. The Hall–Kier alpha value is -2.36. The summed E-state index contributed by atoms with van der Waals surface area (Å²) in [5, 5.41) is 2.22. The minimum Gasteiger partial charge on any atom is -0.497 e. The third-order valence-electron chi connectivity index (χ3n) is 3.93. The molecule has 122 valence electrons. The molecule has 2 rings (SSSR count). The molecular formula is C19H23NO3. The van der Waals surface area contributed by atoms with E-state index < -0.39 is 0 Å². The quantitative estimate of drug-likeness (QED) is 0.819. The average molecular weight is 313 g/mol. The summed E-state index contributed by atoms with van der Waals surface area (Å²) in [5.41, 5.74) is 1.11. The second kappa shape index (κ2) is 7.77. The van der Waals surface area contributed by atoms with E-state index in [2.05, 4.69) is 0 Å². The molecule has 0 spiro atoms. The number of carbonyl (C=O) groups is 2. The number of methoxy groups -OCH3 is 1. The van der Waals surface area contributed by atoms with Gasteiger partial charge in [0, 0.05) is 19.9 Å². The van der Waals surface area contributed by atoms with Crippen LogP contribution in [0.25, 0.3) is 10.8 Å². The Morgan fingerprint density at radius 3 is 2.61 bits per heavy atom. The fraction of sp³-hybridized carbons (Fsp3) is 0.368. The molecule has 0 aliphatic heterocycles. The molecule has 2 amide bonds. The normalized spacial score (nSPS) is 10.6. The van der Waals surface area contributed by atoms with Crippen LogP contribution in [0.15, 0.2) is 36.4 Å². The fourth-order valence-electron chi connectivity index (χ4n) is 2.70. The molecule has 0 fully saturated rings. The van der Waals surface area contributed by atoms with Crippen LogP contribution < -0.4 is 4.74 Å². The van der Waals surface area contributed by atoms with Gasteiger partial charge in [0.15, 0.2) is 0 Å². The standard InChI is InChI=1S/C19H23NO3/c1-4-6-19(22)20(14(2)21)12-11-16-8-5-7-15-9-10-17(23-3)13-18(15)16/h5,7-10,13H,4,6,11-12H2,1-3H3. The van der Waals surface area contributed by atoms with E-state index in [4.69, 9.17) is 4.74 Å². The lowest BCUT2D eigenvalue weighted by Gasteiger charge is -2.19. The molecule has 2 aromatic rings. The van der Waals surface area contributed by atoms with Crippen molar-refractivity contribution < 1.29 is 14.3 Å². The lowest BCUT2D eigenvalue weighted by Crippen LogP contribution is -2.36. The molecule has 0 bridgehead atoms. The SMILES string of the molecule is CCCC(=O)N(CCc1cccc2ccc(OC)cc12)C(C)=O. The van der Waals surface area contributed by atoms with Crippen LogP contribution >= 0.6 is 0 Å². The van der Waals surface area contributed by atoms with Crippen molar-refractivity contribution in [2.45, 2.75) is 33.1 Å². The van der Waals surface area contributed by atoms with Crippen LogP contribution in [0.2, 0.25) is 0 Å². The van der Waals surface area contributed by atoms with Gasteiger partial charge in [0.2, 0.25) is 11.8 Å². The molecule has 0 heterocycles. The number of ether oxygens (including phenoxy) is 1. The molecule has 0 atom stereocenters. The summed E-state index contributed by atoms with van der Waals surface area (Å²) in [5.74, 6) is 0.509. The Labute approximate surface area is 137 Å². The number of benzene rings is 2. The van der Waals surface area contributed by atoms with E-state index in [1.807, 2.05) is 43.3 Å². The van der Waals surface area contributed by atoms with Gasteiger partial charge in [0.1, 0.15) is 5.75 Å². The molecule has 0 aliphatic carbocycles. The Morgan fingerprint density at radius 2 is 1.96 bits per heavy atom. The third-order valence-corrected chi connectivity index (χ3v) is 3.93. The predicted molar refractivity (Wildman–Crippen MR) is 91.5 cm³/mol. The molecule has 0 aliphatic rings. The molecule has 0 aromatic heterocycles. The lowest BCUT2D eigenvalue weighted by molar-refractivity contribution is -0.143. The monoisotopic (exact) mass is 313 g/mol. The second-order valence-electron chi connectivity index (χ2n) is 5.57. The Morgan fingerprint density at radius 1 is 1.17 bits per heavy atom. The summed E-state index contributed by atoms with van der Waals surface area (Å²) in [6.07, 6.45) is 1.79. The zero-order chi connectivity index (χ0) is 16.8. The van der Waals surface area contributed by atoms with Crippen molar-refractivity contribution in [3.8, 4) is 5.75 Å². The van der Waals surface area contributed by atoms with Gasteiger partial charge in [-0.1, -0.05) is 31.2 Å². The van der Waals surface area contributed by atoms with Gasteiger partial charge in [-0.05, 0) is 41.3 Å². The van der Waals surface area contributed by atoms with Crippen molar-refractivity contribution >= 4 is 22.6 Å². The van der Waals surface area contributed by atoms with Crippen molar-refractivity contribution in [2.24, 2.45) is 0 Å². The first-order valence-electron chi connectivity index (χ1n) is 7.93. The molecular weight excluding hydrogens is 290 g/mol. The first kappa shape index (κ1) is 17.0. The minimum absolute atomic E-state index is 0.0992. The number of fused-ring (bicyclic) bond motifs is 1. The van der Waals surface area contributed by atoms with Gasteiger partial charge in [0.05, 0.1) is 7.11 Å². The Balaban J connectivity index is 2.23. The van der Waals surface area contributed by atoms with Gasteiger partial charge in [-0.2, -0.15) is 0 Å².